The lowest BCUT2D eigenvalue weighted by Crippen LogP contribution is -2.43. The van der Waals surface area contributed by atoms with Gasteiger partial charge in [0.2, 0.25) is 0 Å². The maximum atomic E-state index is 12.1. The van der Waals surface area contributed by atoms with Crippen molar-refractivity contribution in [1.29, 1.82) is 0 Å². The van der Waals surface area contributed by atoms with E-state index in [1.54, 1.807) is 0 Å². The van der Waals surface area contributed by atoms with E-state index < -0.39 is 11.9 Å². The van der Waals surface area contributed by atoms with Crippen molar-refractivity contribution in [3.05, 3.63) is 0 Å². The molecule has 0 radical (unpaired) electrons. The van der Waals surface area contributed by atoms with Crippen LogP contribution in [0, 0.1) is 5.92 Å². The van der Waals surface area contributed by atoms with E-state index in [-0.39, 0.29) is 18.6 Å². The summed E-state index contributed by atoms with van der Waals surface area (Å²) in [6, 6.07) is -0.329. The van der Waals surface area contributed by atoms with Crippen molar-refractivity contribution in [3.8, 4) is 0 Å². The summed E-state index contributed by atoms with van der Waals surface area (Å²) in [6.07, 6.45) is 0.674. The molecule has 0 aromatic heterocycles. The van der Waals surface area contributed by atoms with Gasteiger partial charge < -0.3 is 25.9 Å². The van der Waals surface area contributed by atoms with E-state index in [4.69, 9.17) is 9.94 Å². The molecule has 2 heterocycles. The van der Waals surface area contributed by atoms with Crippen LogP contribution in [0.4, 0.5) is 0 Å². The van der Waals surface area contributed by atoms with Crippen LogP contribution in [-0.2, 0) is 14.4 Å². The van der Waals surface area contributed by atoms with Gasteiger partial charge in [0.15, 0.2) is 0 Å². The van der Waals surface area contributed by atoms with Gasteiger partial charge in [0.05, 0.1) is 5.92 Å². The molecule has 20 heavy (non-hydrogen) atoms. The third kappa shape index (κ3) is 4.41. The second-order valence-electron chi connectivity index (χ2n) is 5.08. The van der Waals surface area contributed by atoms with Crippen molar-refractivity contribution in [1.82, 2.24) is 21.0 Å². The maximum Gasteiger partial charge on any atom is 0.342 e. The number of carbonyl (C=O) groups excluding carboxylic acids is 1. The SMILES string of the molecule is O=C(O)C1CNCCN(OC(=O)C2CCNCCN2)C1. The second-order valence-corrected chi connectivity index (χ2v) is 5.08. The summed E-state index contributed by atoms with van der Waals surface area (Å²) >= 11 is 0. The summed E-state index contributed by atoms with van der Waals surface area (Å²) in [7, 11) is 0. The molecular weight excluding hydrogens is 264 g/mol. The van der Waals surface area contributed by atoms with Crippen LogP contribution in [0.1, 0.15) is 6.42 Å². The summed E-state index contributed by atoms with van der Waals surface area (Å²) < 4.78 is 0. The minimum Gasteiger partial charge on any atom is -0.481 e. The third-order valence-corrected chi connectivity index (χ3v) is 3.51. The van der Waals surface area contributed by atoms with E-state index in [0.717, 1.165) is 19.6 Å². The summed E-state index contributed by atoms with van der Waals surface area (Å²) in [6.45, 7) is 4.05. The molecule has 2 unspecified atom stereocenters. The van der Waals surface area contributed by atoms with E-state index in [1.807, 2.05) is 0 Å². The number of hydrogen-bond acceptors (Lipinski definition) is 7. The fourth-order valence-electron chi connectivity index (χ4n) is 2.33. The fourth-order valence-corrected chi connectivity index (χ4v) is 2.33. The number of aliphatic carboxylic acids is 1. The topological polar surface area (TPSA) is 103 Å². The summed E-state index contributed by atoms with van der Waals surface area (Å²) in [5.74, 6) is -1.77. The first kappa shape index (κ1) is 15.2. The Morgan fingerprint density at radius 3 is 2.80 bits per heavy atom. The molecule has 8 nitrogen and oxygen atoms in total. The van der Waals surface area contributed by atoms with Crippen molar-refractivity contribution in [2.75, 3.05) is 45.8 Å². The van der Waals surface area contributed by atoms with Gasteiger partial charge in [-0.15, -0.1) is 5.06 Å². The Morgan fingerprint density at radius 2 is 2.00 bits per heavy atom. The highest BCUT2D eigenvalue weighted by Gasteiger charge is 2.28. The minimum atomic E-state index is -0.878. The van der Waals surface area contributed by atoms with Gasteiger partial charge in [-0.05, 0) is 13.0 Å². The van der Waals surface area contributed by atoms with Gasteiger partial charge in [0.25, 0.3) is 0 Å². The molecular formula is C12H22N4O4. The first-order chi connectivity index (χ1) is 9.66. The predicted molar refractivity (Wildman–Crippen MR) is 70.9 cm³/mol. The smallest absolute Gasteiger partial charge is 0.342 e. The summed E-state index contributed by atoms with van der Waals surface area (Å²) in [5.41, 5.74) is 0. The molecule has 0 saturated carbocycles. The molecule has 2 atom stereocenters. The maximum absolute atomic E-state index is 12.1. The molecule has 2 fully saturated rings. The lowest BCUT2D eigenvalue weighted by molar-refractivity contribution is -0.195. The van der Waals surface area contributed by atoms with Crippen molar-refractivity contribution in [2.24, 2.45) is 5.92 Å². The second kappa shape index (κ2) is 7.53. The van der Waals surface area contributed by atoms with Crippen molar-refractivity contribution in [2.45, 2.75) is 12.5 Å². The van der Waals surface area contributed by atoms with Gasteiger partial charge in [0.1, 0.15) is 6.04 Å². The fraction of sp³-hybridized carbons (Fsp3) is 0.833. The van der Waals surface area contributed by atoms with Crippen LogP contribution >= 0.6 is 0 Å². The molecule has 0 spiro atoms. The Balaban J connectivity index is 1.86. The van der Waals surface area contributed by atoms with E-state index in [0.29, 0.717) is 26.1 Å². The van der Waals surface area contributed by atoms with Crippen LogP contribution in [-0.4, -0.2) is 74.0 Å². The average Bonchev–Trinajstić information content (AvgIpc) is 2.80. The highest BCUT2D eigenvalue weighted by Crippen LogP contribution is 2.07. The highest BCUT2D eigenvalue weighted by atomic mass is 16.7. The van der Waals surface area contributed by atoms with Gasteiger partial charge in [-0.25, -0.2) is 4.79 Å². The zero-order chi connectivity index (χ0) is 14.4. The van der Waals surface area contributed by atoms with E-state index in [1.165, 1.54) is 5.06 Å². The van der Waals surface area contributed by atoms with Crippen LogP contribution in [0.15, 0.2) is 0 Å². The number of nitrogens with zero attached hydrogens (tertiary/aromatic N) is 1. The number of nitrogens with one attached hydrogen (secondary N) is 3. The predicted octanol–water partition coefficient (Wildman–Crippen LogP) is -2.00. The van der Waals surface area contributed by atoms with Crippen LogP contribution < -0.4 is 16.0 Å². The molecule has 2 aliphatic rings. The monoisotopic (exact) mass is 286 g/mol. The molecule has 2 saturated heterocycles. The van der Waals surface area contributed by atoms with Crippen LogP contribution in [0.3, 0.4) is 0 Å². The van der Waals surface area contributed by atoms with Crippen molar-refractivity contribution >= 4 is 11.9 Å². The molecule has 0 aliphatic carbocycles. The molecule has 0 aromatic carbocycles. The number of carboxylic acid groups (broad SMARTS) is 1. The number of hydroxylamine groups is 2. The molecule has 0 amide bonds. The minimum absolute atomic E-state index is 0.221. The van der Waals surface area contributed by atoms with Crippen LogP contribution in [0.25, 0.3) is 0 Å². The van der Waals surface area contributed by atoms with Crippen molar-refractivity contribution < 1.29 is 19.5 Å². The molecule has 0 bridgehead atoms. The number of carbonyl (C=O) groups is 2. The van der Waals surface area contributed by atoms with Gasteiger partial charge in [0, 0.05) is 39.3 Å². The number of hydrogen-bond donors (Lipinski definition) is 4. The normalized spacial score (nSPS) is 29.2. The van der Waals surface area contributed by atoms with Crippen LogP contribution in [0.2, 0.25) is 0 Å². The highest BCUT2D eigenvalue weighted by molar-refractivity contribution is 5.75. The number of rotatable bonds is 3. The van der Waals surface area contributed by atoms with E-state index in [2.05, 4.69) is 16.0 Å². The van der Waals surface area contributed by atoms with E-state index >= 15 is 0 Å². The quantitative estimate of drug-likeness (QED) is 0.472. The Kier molecular flexibility index (Phi) is 5.72. The number of carboxylic acids is 1. The Labute approximate surface area is 117 Å². The largest absolute Gasteiger partial charge is 0.481 e. The van der Waals surface area contributed by atoms with Gasteiger partial charge in [-0.1, -0.05) is 0 Å². The van der Waals surface area contributed by atoms with E-state index in [9.17, 15) is 9.59 Å². The molecule has 8 heteroatoms. The molecule has 114 valence electrons. The Morgan fingerprint density at radius 1 is 1.15 bits per heavy atom. The molecule has 2 rings (SSSR count). The lowest BCUT2D eigenvalue weighted by Gasteiger charge is -2.23. The lowest BCUT2D eigenvalue weighted by atomic mass is 10.1. The summed E-state index contributed by atoms with van der Waals surface area (Å²) in [5, 5.41) is 19.9. The van der Waals surface area contributed by atoms with Crippen LogP contribution in [0.5, 0.6) is 0 Å². The average molecular weight is 286 g/mol. The Bertz CT molecular complexity index is 344. The summed E-state index contributed by atoms with van der Waals surface area (Å²) in [4.78, 5) is 28.5. The molecule has 4 N–H and O–H groups in total. The van der Waals surface area contributed by atoms with Gasteiger partial charge in [-0.2, -0.15) is 0 Å². The van der Waals surface area contributed by atoms with Gasteiger partial charge >= 0.3 is 11.9 Å². The third-order valence-electron chi connectivity index (χ3n) is 3.51. The van der Waals surface area contributed by atoms with Crippen molar-refractivity contribution in [3.63, 3.8) is 0 Å². The first-order valence-electron chi connectivity index (χ1n) is 7.01. The zero-order valence-electron chi connectivity index (χ0n) is 11.4. The zero-order valence-corrected chi connectivity index (χ0v) is 11.4. The molecule has 0 aromatic rings. The van der Waals surface area contributed by atoms with Gasteiger partial charge in [-0.3, -0.25) is 4.79 Å². The molecule has 2 aliphatic heterocycles. The first-order valence-corrected chi connectivity index (χ1v) is 7.01. The standard InChI is InChI=1S/C12H22N4O4/c17-11(18)9-7-14-5-6-16(8-9)20-12(19)10-1-2-13-3-4-15-10/h9-10,13-15H,1-8H2,(H,17,18). The Hall–Kier alpha value is -1.22.